The number of nitrogens with zero attached hydrogens (tertiary/aromatic N) is 2. The number of aryl methyl sites for hydroxylation is 1. The Morgan fingerprint density at radius 2 is 1.69 bits per heavy atom. The second kappa shape index (κ2) is 13.1. The molecule has 0 aliphatic carbocycles. The fourth-order valence-electron chi connectivity index (χ4n) is 3.60. The number of rotatable bonds is 12. The maximum atomic E-state index is 13.3. The Labute approximate surface area is 218 Å². The molecule has 0 heterocycles. The Kier molecular flexibility index (Phi) is 10.9. The predicted molar refractivity (Wildman–Crippen MR) is 142 cm³/mol. The van der Waals surface area contributed by atoms with Crippen LogP contribution in [-0.2, 0) is 26.2 Å². The Hall–Kier alpha value is -2.29. The van der Waals surface area contributed by atoms with Crippen LogP contribution >= 0.6 is 23.2 Å². The van der Waals surface area contributed by atoms with Gasteiger partial charge in [-0.1, -0.05) is 48.3 Å². The van der Waals surface area contributed by atoms with Crippen LogP contribution in [0.2, 0.25) is 10.0 Å². The van der Waals surface area contributed by atoms with Crippen LogP contribution in [0.1, 0.15) is 44.2 Å². The third-order valence-corrected chi connectivity index (χ3v) is 7.24. The maximum Gasteiger partial charge on any atom is 0.242 e. The van der Waals surface area contributed by atoms with Gasteiger partial charge in [0.15, 0.2) is 0 Å². The fourth-order valence-corrected chi connectivity index (χ4v) is 4.91. The van der Waals surface area contributed by atoms with E-state index in [9.17, 15) is 18.0 Å². The highest BCUT2D eigenvalue weighted by atomic mass is 35.5. The molecule has 0 aromatic heterocycles. The molecule has 1 unspecified atom stereocenters. The summed E-state index contributed by atoms with van der Waals surface area (Å²) < 4.78 is 26.3. The van der Waals surface area contributed by atoms with Crippen molar-refractivity contribution in [1.29, 1.82) is 0 Å². The van der Waals surface area contributed by atoms with Crippen molar-refractivity contribution in [2.24, 2.45) is 0 Å². The highest BCUT2D eigenvalue weighted by Crippen LogP contribution is 2.27. The van der Waals surface area contributed by atoms with Crippen LogP contribution in [0.4, 0.5) is 5.69 Å². The Bertz CT molecular complexity index is 1120. The summed E-state index contributed by atoms with van der Waals surface area (Å²) >= 11 is 12.1. The van der Waals surface area contributed by atoms with Crippen LogP contribution < -0.4 is 9.62 Å². The minimum Gasteiger partial charge on any atom is -0.354 e. The molecule has 2 rings (SSSR count). The third kappa shape index (κ3) is 8.70. The molecule has 1 N–H and O–H groups in total. The van der Waals surface area contributed by atoms with E-state index in [0.29, 0.717) is 22.3 Å². The van der Waals surface area contributed by atoms with Gasteiger partial charge in [0.25, 0.3) is 0 Å². The molecule has 7 nitrogen and oxygen atoms in total. The summed E-state index contributed by atoms with van der Waals surface area (Å²) in [5, 5.41) is 3.84. The summed E-state index contributed by atoms with van der Waals surface area (Å²) in [5.74, 6) is -0.475. The number of sulfonamides is 1. The number of hydrogen-bond donors (Lipinski definition) is 1. The first kappa shape index (κ1) is 28.9. The van der Waals surface area contributed by atoms with Gasteiger partial charge in [0, 0.05) is 36.1 Å². The molecule has 1 atom stereocenters. The number of carbonyl (C=O) groups is 2. The first-order valence-corrected chi connectivity index (χ1v) is 14.1. The van der Waals surface area contributed by atoms with Crippen molar-refractivity contribution in [2.75, 3.05) is 23.7 Å². The molecule has 0 saturated carbocycles. The van der Waals surface area contributed by atoms with Crippen molar-refractivity contribution in [3.63, 3.8) is 0 Å². The molecule has 0 fully saturated rings. The van der Waals surface area contributed by atoms with Gasteiger partial charge in [-0.2, -0.15) is 0 Å². The summed E-state index contributed by atoms with van der Waals surface area (Å²) in [6, 6.07) is 11.5. The number of nitrogens with one attached hydrogen (secondary N) is 1. The fraction of sp³-hybridized carbons (Fsp3) is 0.440. The zero-order valence-corrected chi connectivity index (χ0v) is 22.9. The second-order valence-electron chi connectivity index (χ2n) is 8.48. The molecule has 0 saturated heterocycles. The van der Waals surface area contributed by atoms with E-state index in [-0.39, 0.29) is 37.7 Å². The van der Waals surface area contributed by atoms with Gasteiger partial charge in [-0.05, 0) is 62.1 Å². The van der Waals surface area contributed by atoms with E-state index in [1.807, 2.05) is 19.1 Å². The minimum atomic E-state index is -3.59. The molecular formula is C25H33Cl2N3O4S. The lowest BCUT2D eigenvalue weighted by atomic mass is 10.1. The lowest BCUT2D eigenvalue weighted by Crippen LogP contribution is -2.47. The normalized spacial score (nSPS) is 12.2. The third-order valence-electron chi connectivity index (χ3n) is 5.57. The van der Waals surface area contributed by atoms with Gasteiger partial charge < -0.3 is 10.2 Å². The van der Waals surface area contributed by atoms with Crippen LogP contribution in [-0.4, -0.2) is 50.5 Å². The number of anilines is 1. The summed E-state index contributed by atoms with van der Waals surface area (Å²) in [4.78, 5) is 27.4. The van der Waals surface area contributed by atoms with E-state index in [1.54, 1.807) is 44.2 Å². The maximum absolute atomic E-state index is 13.3. The largest absolute Gasteiger partial charge is 0.354 e. The standard InChI is InChI=1S/C25H33Cl2N3O4S/c1-5-14-28-25(32)19(3)29(17-20-9-12-21(26)13-10-20)24(31)7-6-15-30(35(4,33)34)23-16-22(27)11-8-18(23)2/h8-13,16,19H,5-7,14-15,17H2,1-4H3,(H,28,32). The number of halogens is 2. The monoisotopic (exact) mass is 541 g/mol. The summed E-state index contributed by atoms with van der Waals surface area (Å²) in [6.07, 6.45) is 2.26. The molecule has 0 bridgehead atoms. The lowest BCUT2D eigenvalue weighted by Gasteiger charge is -2.29. The molecule has 2 amide bonds. The number of carbonyl (C=O) groups excluding carboxylic acids is 2. The van der Waals surface area contributed by atoms with Gasteiger partial charge in [-0.15, -0.1) is 0 Å². The summed E-state index contributed by atoms with van der Waals surface area (Å²) in [7, 11) is -3.59. The molecular weight excluding hydrogens is 509 g/mol. The van der Waals surface area contributed by atoms with Crippen LogP contribution in [0, 0.1) is 6.92 Å². The van der Waals surface area contributed by atoms with Crippen molar-refractivity contribution in [2.45, 2.75) is 52.6 Å². The Balaban J connectivity index is 2.18. The smallest absolute Gasteiger partial charge is 0.242 e. The molecule has 2 aromatic carbocycles. The summed E-state index contributed by atoms with van der Waals surface area (Å²) in [5.41, 5.74) is 2.08. The highest BCUT2D eigenvalue weighted by molar-refractivity contribution is 7.92. The first-order chi connectivity index (χ1) is 16.4. The van der Waals surface area contributed by atoms with E-state index in [0.717, 1.165) is 23.8 Å². The van der Waals surface area contributed by atoms with Crippen molar-refractivity contribution >= 4 is 50.7 Å². The molecule has 35 heavy (non-hydrogen) atoms. The molecule has 0 spiro atoms. The number of amides is 2. The van der Waals surface area contributed by atoms with Crippen LogP contribution in [0.25, 0.3) is 0 Å². The predicted octanol–water partition coefficient (Wildman–Crippen LogP) is 4.79. The van der Waals surface area contributed by atoms with Crippen molar-refractivity contribution < 1.29 is 18.0 Å². The summed E-state index contributed by atoms with van der Waals surface area (Å²) in [6.45, 7) is 6.32. The Morgan fingerprint density at radius 1 is 1.06 bits per heavy atom. The zero-order chi connectivity index (χ0) is 26.2. The Morgan fingerprint density at radius 3 is 2.29 bits per heavy atom. The topological polar surface area (TPSA) is 86.8 Å². The van der Waals surface area contributed by atoms with Crippen molar-refractivity contribution in [3.05, 3.63) is 63.6 Å². The van der Waals surface area contributed by atoms with Crippen molar-refractivity contribution in [3.8, 4) is 0 Å². The lowest BCUT2D eigenvalue weighted by molar-refractivity contribution is -0.140. The average Bonchev–Trinajstić information content (AvgIpc) is 2.80. The SMILES string of the molecule is CCCNC(=O)C(C)N(Cc1ccc(Cl)cc1)C(=O)CCCN(c1cc(Cl)ccc1C)S(C)(=O)=O. The van der Waals surface area contributed by atoms with Crippen molar-refractivity contribution in [1.82, 2.24) is 10.2 Å². The molecule has 0 aliphatic heterocycles. The molecule has 0 aliphatic rings. The molecule has 2 aromatic rings. The zero-order valence-electron chi connectivity index (χ0n) is 20.6. The van der Waals surface area contributed by atoms with Crippen LogP contribution in [0.3, 0.4) is 0 Å². The minimum absolute atomic E-state index is 0.0740. The van der Waals surface area contributed by atoms with Crippen LogP contribution in [0.15, 0.2) is 42.5 Å². The van der Waals surface area contributed by atoms with Crippen LogP contribution in [0.5, 0.6) is 0 Å². The van der Waals surface area contributed by atoms with E-state index in [1.165, 1.54) is 9.21 Å². The quantitative estimate of drug-likeness (QED) is 0.418. The average molecular weight is 543 g/mol. The molecule has 0 radical (unpaired) electrons. The van der Waals surface area contributed by atoms with E-state index in [2.05, 4.69) is 5.32 Å². The first-order valence-electron chi connectivity index (χ1n) is 11.5. The van der Waals surface area contributed by atoms with Gasteiger partial charge in [0.1, 0.15) is 6.04 Å². The second-order valence-corrected chi connectivity index (χ2v) is 11.3. The number of hydrogen-bond acceptors (Lipinski definition) is 4. The van der Waals surface area contributed by atoms with Gasteiger partial charge in [0.2, 0.25) is 21.8 Å². The molecule has 10 heteroatoms. The van der Waals surface area contributed by atoms with Gasteiger partial charge in [0.05, 0.1) is 11.9 Å². The molecule has 192 valence electrons. The van der Waals surface area contributed by atoms with Gasteiger partial charge in [-0.25, -0.2) is 8.42 Å². The van der Waals surface area contributed by atoms with Gasteiger partial charge in [-0.3, -0.25) is 13.9 Å². The van der Waals surface area contributed by atoms with Gasteiger partial charge >= 0.3 is 0 Å². The van der Waals surface area contributed by atoms with E-state index >= 15 is 0 Å². The highest BCUT2D eigenvalue weighted by Gasteiger charge is 2.26. The van der Waals surface area contributed by atoms with E-state index < -0.39 is 16.1 Å². The van der Waals surface area contributed by atoms with E-state index in [4.69, 9.17) is 23.2 Å². The number of benzene rings is 2.